The molecule has 0 aliphatic carbocycles. The van der Waals surface area contributed by atoms with Gasteiger partial charge in [-0.2, -0.15) is 0 Å². The number of hydrogen-bond donors (Lipinski definition) is 2. The van der Waals surface area contributed by atoms with Gasteiger partial charge in [-0.05, 0) is 17.7 Å². The van der Waals surface area contributed by atoms with E-state index in [4.69, 9.17) is 4.74 Å². The number of benzene rings is 1. The van der Waals surface area contributed by atoms with Crippen molar-refractivity contribution in [3.63, 3.8) is 0 Å². The number of carbonyl (C=O) groups excluding carboxylic acids is 1. The second-order valence-electron chi connectivity index (χ2n) is 4.45. The number of rotatable bonds is 5. The summed E-state index contributed by atoms with van der Waals surface area (Å²) in [5, 5.41) is 3.02. The Hall–Kier alpha value is -1.88. The minimum Gasteiger partial charge on any atom is -0.460 e. The zero-order chi connectivity index (χ0) is 13.0. The SMILES string of the molecule is CC(C)NCC(=O)OCc1ccc2nc[nH]c2c1. The highest BCUT2D eigenvalue weighted by Crippen LogP contribution is 2.12. The first kappa shape index (κ1) is 12.6. The first-order valence-corrected chi connectivity index (χ1v) is 5.96. The van der Waals surface area contributed by atoms with Crippen LogP contribution in [0.4, 0.5) is 0 Å². The summed E-state index contributed by atoms with van der Waals surface area (Å²) in [6, 6.07) is 6.03. The Morgan fingerprint density at radius 3 is 3.11 bits per heavy atom. The van der Waals surface area contributed by atoms with Crippen LogP contribution in [0.2, 0.25) is 0 Å². The highest BCUT2D eigenvalue weighted by atomic mass is 16.5. The number of carbonyl (C=O) groups is 1. The van der Waals surface area contributed by atoms with E-state index in [0.29, 0.717) is 0 Å². The summed E-state index contributed by atoms with van der Waals surface area (Å²) in [4.78, 5) is 18.6. The van der Waals surface area contributed by atoms with Crippen molar-refractivity contribution in [3.05, 3.63) is 30.1 Å². The Labute approximate surface area is 106 Å². The lowest BCUT2D eigenvalue weighted by atomic mass is 10.2. The van der Waals surface area contributed by atoms with Crippen molar-refractivity contribution >= 4 is 17.0 Å². The summed E-state index contributed by atoms with van der Waals surface area (Å²) >= 11 is 0. The van der Waals surface area contributed by atoms with Gasteiger partial charge in [0.25, 0.3) is 0 Å². The third kappa shape index (κ3) is 3.30. The van der Waals surface area contributed by atoms with Gasteiger partial charge in [-0.15, -0.1) is 0 Å². The van der Waals surface area contributed by atoms with Crippen LogP contribution in [0.25, 0.3) is 11.0 Å². The van der Waals surface area contributed by atoms with Gasteiger partial charge in [0.15, 0.2) is 0 Å². The highest BCUT2D eigenvalue weighted by Gasteiger charge is 2.05. The zero-order valence-corrected chi connectivity index (χ0v) is 10.6. The van der Waals surface area contributed by atoms with Crippen LogP contribution in [-0.2, 0) is 16.1 Å². The predicted molar refractivity (Wildman–Crippen MR) is 69.0 cm³/mol. The van der Waals surface area contributed by atoms with Crippen LogP contribution >= 0.6 is 0 Å². The molecule has 5 heteroatoms. The number of esters is 1. The lowest BCUT2D eigenvalue weighted by molar-refractivity contribution is -0.143. The predicted octanol–water partition coefficient (Wildman–Crippen LogP) is 1.60. The molecule has 2 aromatic rings. The average Bonchev–Trinajstić information content (AvgIpc) is 2.81. The molecule has 0 aliphatic heterocycles. The van der Waals surface area contributed by atoms with Gasteiger partial charge in [0.1, 0.15) is 6.61 Å². The second-order valence-corrected chi connectivity index (χ2v) is 4.45. The lowest BCUT2D eigenvalue weighted by Gasteiger charge is -2.08. The Bertz CT molecular complexity index is 534. The lowest BCUT2D eigenvalue weighted by Crippen LogP contribution is -2.30. The molecule has 1 aromatic carbocycles. The summed E-state index contributed by atoms with van der Waals surface area (Å²) in [6.45, 7) is 4.50. The van der Waals surface area contributed by atoms with Gasteiger partial charge in [-0.25, -0.2) is 4.98 Å². The van der Waals surface area contributed by atoms with E-state index in [2.05, 4.69) is 15.3 Å². The van der Waals surface area contributed by atoms with Crippen LogP contribution in [0, 0.1) is 0 Å². The quantitative estimate of drug-likeness (QED) is 0.788. The maximum Gasteiger partial charge on any atom is 0.320 e. The Kier molecular flexibility index (Phi) is 3.94. The molecule has 0 amide bonds. The van der Waals surface area contributed by atoms with Gasteiger partial charge < -0.3 is 15.0 Å². The van der Waals surface area contributed by atoms with Crippen molar-refractivity contribution < 1.29 is 9.53 Å². The van der Waals surface area contributed by atoms with Crippen molar-refractivity contribution in [2.75, 3.05) is 6.54 Å². The second kappa shape index (κ2) is 5.64. The van der Waals surface area contributed by atoms with Crippen LogP contribution < -0.4 is 5.32 Å². The molecule has 0 spiro atoms. The summed E-state index contributed by atoms with van der Waals surface area (Å²) in [6.07, 6.45) is 1.65. The highest BCUT2D eigenvalue weighted by molar-refractivity contribution is 5.75. The largest absolute Gasteiger partial charge is 0.460 e. The summed E-state index contributed by atoms with van der Waals surface area (Å²) in [7, 11) is 0. The van der Waals surface area contributed by atoms with Gasteiger partial charge >= 0.3 is 5.97 Å². The number of nitrogens with zero attached hydrogens (tertiary/aromatic N) is 1. The maximum atomic E-state index is 11.4. The molecule has 2 N–H and O–H groups in total. The number of aromatic nitrogens is 2. The molecular weight excluding hydrogens is 230 g/mol. The number of ether oxygens (including phenoxy) is 1. The molecule has 1 heterocycles. The fourth-order valence-corrected chi connectivity index (χ4v) is 1.57. The van der Waals surface area contributed by atoms with Crippen LogP contribution in [-0.4, -0.2) is 28.5 Å². The average molecular weight is 247 g/mol. The normalized spacial score (nSPS) is 11.1. The Morgan fingerprint density at radius 1 is 1.50 bits per heavy atom. The molecule has 0 saturated carbocycles. The molecule has 0 aliphatic rings. The van der Waals surface area contributed by atoms with Crippen molar-refractivity contribution in [3.8, 4) is 0 Å². The summed E-state index contributed by atoms with van der Waals surface area (Å²) in [5.41, 5.74) is 2.81. The fourth-order valence-electron chi connectivity index (χ4n) is 1.57. The molecule has 5 nitrogen and oxygen atoms in total. The van der Waals surface area contributed by atoms with Crippen molar-refractivity contribution in [1.29, 1.82) is 0 Å². The molecule has 0 atom stereocenters. The topological polar surface area (TPSA) is 67.0 Å². The molecule has 1 aromatic heterocycles. The van der Waals surface area contributed by atoms with Gasteiger partial charge in [0, 0.05) is 6.04 Å². The van der Waals surface area contributed by atoms with Crippen molar-refractivity contribution in [2.24, 2.45) is 0 Å². The molecule has 18 heavy (non-hydrogen) atoms. The molecule has 0 fully saturated rings. The third-order valence-electron chi connectivity index (χ3n) is 2.54. The molecular formula is C13H17N3O2. The van der Waals surface area contributed by atoms with E-state index in [9.17, 15) is 4.79 Å². The molecule has 0 radical (unpaired) electrons. The van der Waals surface area contributed by atoms with E-state index in [1.807, 2.05) is 32.0 Å². The number of imidazole rings is 1. The number of H-pyrrole nitrogens is 1. The van der Waals surface area contributed by atoms with Crippen LogP contribution in [0.15, 0.2) is 24.5 Å². The van der Waals surface area contributed by atoms with Gasteiger partial charge in [-0.3, -0.25) is 4.79 Å². The van der Waals surface area contributed by atoms with Crippen molar-refractivity contribution in [1.82, 2.24) is 15.3 Å². The maximum absolute atomic E-state index is 11.4. The number of nitrogens with one attached hydrogen (secondary N) is 2. The van der Waals surface area contributed by atoms with Gasteiger partial charge in [0.2, 0.25) is 0 Å². The molecule has 2 rings (SSSR count). The molecule has 96 valence electrons. The third-order valence-corrected chi connectivity index (χ3v) is 2.54. The van der Waals surface area contributed by atoms with Gasteiger partial charge in [0.05, 0.1) is 23.9 Å². The number of aromatic amines is 1. The van der Waals surface area contributed by atoms with Crippen LogP contribution in [0.3, 0.4) is 0 Å². The van der Waals surface area contributed by atoms with E-state index < -0.39 is 0 Å². The number of hydrogen-bond acceptors (Lipinski definition) is 4. The summed E-state index contributed by atoms with van der Waals surface area (Å²) in [5.74, 6) is -0.242. The molecule has 0 bridgehead atoms. The molecule has 0 unspecified atom stereocenters. The fraction of sp³-hybridized carbons (Fsp3) is 0.385. The van der Waals surface area contributed by atoms with E-state index in [1.165, 1.54) is 0 Å². The standard InChI is InChI=1S/C13H17N3O2/c1-9(2)14-6-13(17)18-7-10-3-4-11-12(5-10)16-8-15-11/h3-5,8-9,14H,6-7H2,1-2H3,(H,15,16). The number of fused-ring (bicyclic) bond motifs is 1. The van der Waals surface area contributed by atoms with E-state index in [-0.39, 0.29) is 25.2 Å². The summed E-state index contributed by atoms with van der Waals surface area (Å²) < 4.78 is 5.17. The smallest absolute Gasteiger partial charge is 0.320 e. The van der Waals surface area contributed by atoms with E-state index in [0.717, 1.165) is 16.6 Å². The Morgan fingerprint density at radius 2 is 2.33 bits per heavy atom. The van der Waals surface area contributed by atoms with E-state index in [1.54, 1.807) is 6.33 Å². The van der Waals surface area contributed by atoms with Crippen LogP contribution in [0.1, 0.15) is 19.4 Å². The minimum absolute atomic E-state index is 0.240. The van der Waals surface area contributed by atoms with Crippen molar-refractivity contribution in [2.45, 2.75) is 26.5 Å². The van der Waals surface area contributed by atoms with Crippen LogP contribution in [0.5, 0.6) is 0 Å². The minimum atomic E-state index is -0.242. The van der Waals surface area contributed by atoms with Gasteiger partial charge in [-0.1, -0.05) is 19.9 Å². The first-order chi connectivity index (χ1) is 8.65. The Balaban J connectivity index is 1.87. The first-order valence-electron chi connectivity index (χ1n) is 5.96. The van der Waals surface area contributed by atoms with E-state index >= 15 is 0 Å². The zero-order valence-electron chi connectivity index (χ0n) is 10.6. The molecule has 0 saturated heterocycles. The monoisotopic (exact) mass is 247 g/mol.